The van der Waals surface area contributed by atoms with E-state index in [0.29, 0.717) is 6.04 Å². The van der Waals surface area contributed by atoms with E-state index in [2.05, 4.69) is 39.0 Å². The second-order valence-corrected chi connectivity index (χ2v) is 8.47. The molecule has 2 heterocycles. The summed E-state index contributed by atoms with van der Waals surface area (Å²) in [5, 5.41) is 0. The van der Waals surface area contributed by atoms with Crippen LogP contribution in [0, 0.1) is 0 Å². The Hall–Kier alpha value is -2.44. The van der Waals surface area contributed by atoms with E-state index in [1.165, 1.54) is 24.1 Å². The molecule has 6 heteroatoms. The first-order chi connectivity index (χ1) is 15.2. The molecule has 0 aliphatic carbocycles. The van der Waals surface area contributed by atoms with E-state index in [0.717, 1.165) is 63.1 Å². The topological polar surface area (TPSA) is 37.4 Å². The number of rotatable bonds is 7. The van der Waals surface area contributed by atoms with Gasteiger partial charge in [0.25, 0.3) is 0 Å². The van der Waals surface area contributed by atoms with Crippen LogP contribution < -0.4 is 19.1 Å². The Kier molecular flexibility index (Phi) is 7.20. The third-order valence-corrected chi connectivity index (χ3v) is 6.57. The Morgan fingerprint density at radius 3 is 2.03 bits per heavy atom. The van der Waals surface area contributed by atoms with Crippen molar-refractivity contribution in [3.05, 3.63) is 48.0 Å². The molecule has 168 valence electrons. The van der Waals surface area contributed by atoms with Gasteiger partial charge in [-0.2, -0.15) is 0 Å². The molecule has 0 amide bonds. The third-order valence-electron chi connectivity index (χ3n) is 6.57. The molecule has 2 aromatic carbocycles. The lowest BCUT2D eigenvalue weighted by Crippen LogP contribution is -2.55. The lowest BCUT2D eigenvalue weighted by atomic mass is 10.0. The van der Waals surface area contributed by atoms with Crippen molar-refractivity contribution in [3.8, 4) is 17.2 Å². The molecule has 1 atom stereocenters. The van der Waals surface area contributed by atoms with Crippen LogP contribution in [0.2, 0.25) is 0 Å². The summed E-state index contributed by atoms with van der Waals surface area (Å²) < 4.78 is 16.2. The van der Waals surface area contributed by atoms with Gasteiger partial charge in [-0.3, -0.25) is 9.80 Å². The molecular weight excluding hydrogens is 390 g/mol. The number of anilines is 1. The van der Waals surface area contributed by atoms with E-state index in [1.54, 1.807) is 21.3 Å². The number of hydrogen-bond acceptors (Lipinski definition) is 6. The Labute approximate surface area is 186 Å². The maximum Gasteiger partial charge on any atom is 0.122 e. The number of piperidine rings is 1. The predicted octanol–water partition coefficient (Wildman–Crippen LogP) is 3.50. The average molecular weight is 426 g/mol. The molecule has 0 bridgehead atoms. The highest BCUT2D eigenvalue weighted by Crippen LogP contribution is 2.26. The molecule has 2 aromatic rings. The van der Waals surface area contributed by atoms with Gasteiger partial charge in [0.15, 0.2) is 0 Å². The number of nitrogens with zero attached hydrogens (tertiary/aromatic N) is 3. The van der Waals surface area contributed by atoms with Gasteiger partial charge < -0.3 is 19.1 Å². The van der Waals surface area contributed by atoms with E-state index in [1.807, 2.05) is 18.2 Å². The summed E-state index contributed by atoms with van der Waals surface area (Å²) in [6.45, 7) is 7.63. The van der Waals surface area contributed by atoms with Crippen molar-refractivity contribution >= 4 is 5.69 Å². The van der Waals surface area contributed by atoms with Gasteiger partial charge in [0.1, 0.15) is 17.2 Å². The Balaban J connectivity index is 1.32. The van der Waals surface area contributed by atoms with Crippen molar-refractivity contribution in [1.29, 1.82) is 0 Å². The minimum atomic E-state index is 0.638. The minimum Gasteiger partial charge on any atom is -0.497 e. The zero-order chi connectivity index (χ0) is 21.6. The molecule has 6 nitrogen and oxygen atoms in total. The molecule has 31 heavy (non-hydrogen) atoms. The molecule has 2 saturated heterocycles. The molecule has 0 aromatic heterocycles. The number of piperazine rings is 1. The van der Waals surface area contributed by atoms with Crippen molar-refractivity contribution in [3.63, 3.8) is 0 Å². The largest absolute Gasteiger partial charge is 0.497 e. The van der Waals surface area contributed by atoms with Crippen LogP contribution in [0.4, 0.5) is 5.69 Å². The molecule has 4 rings (SSSR count). The summed E-state index contributed by atoms with van der Waals surface area (Å²) in [6, 6.07) is 15.3. The van der Waals surface area contributed by atoms with Crippen LogP contribution in [0.1, 0.15) is 18.4 Å². The van der Waals surface area contributed by atoms with E-state index >= 15 is 0 Å². The SMILES string of the molecule is COc1ccc(N2CCN(C3CCCN(Cc4cc(OC)cc(OC)c4)C3)CC2)cc1. The Morgan fingerprint density at radius 2 is 1.42 bits per heavy atom. The quantitative estimate of drug-likeness (QED) is 0.676. The van der Waals surface area contributed by atoms with E-state index in [-0.39, 0.29) is 0 Å². The van der Waals surface area contributed by atoms with Crippen molar-refractivity contribution < 1.29 is 14.2 Å². The van der Waals surface area contributed by atoms with Gasteiger partial charge in [-0.15, -0.1) is 0 Å². The van der Waals surface area contributed by atoms with Crippen molar-refractivity contribution in [2.45, 2.75) is 25.4 Å². The number of ether oxygens (including phenoxy) is 3. The van der Waals surface area contributed by atoms with Crippen LogP contribution in [0.25, 0.3) is 0 Å². The number of methoxy groups -OCH3 is 3. The van der Waals surface area contributed by atoms with Crippen LogP contribution in [0.15, 0.2) is 42.5 Å². The van der Waals surface area contributed by atoms with E-state index in [9.17, 15) is 0 Å². The maximum atomic E-state index is 5.44. The minimum absolute atomic E-state index is 0.638. The highest BCUT2D eigenvalue weighted by molar-refractivity contribution is 5.49. The monoisotopic (exact) mass is 425 g/mol. The van der Waals surface area contributed by atoms with E-state index < -0.39 is 0 Å². The number of likely N-dealkylation sites (tertiary alicyclic amines) is 1. The Bertz CT molecular complexity index is 812. The zero-order valence-corrected chi connectivity index (χ0v) is 19.0. The van der Waals surface area contributed by atoms with E-state index in [4.69, 9.17) is 14.2 Å². The predicted molar refractivity (Wildman–Crippen MR) is 125 cm³/mol. The van der Waals surface area contributed by atoms with Crippen LogP contribution in [-0.4, -0.2) is 76.4 Å². The first-order valence-electron chi connectivity index (χ1n) is 11.3. The molecule has 2 fully saturated rings. The molecule has 1 unspecified atom stereocenters. The van der Waals surface area contributed by atoms with Crippen LogP contribution in [-0.2, 0) is 6.54 Å². The van der Waals surface area contributed by atoms with Gasteiger partial charge in [0.05, 0.1) is 21.3 Å². The maximum absolute atomic E-state index is 5.44. The average Bonchev–Trinajstić information content (AvgIpc) is 2.84. The zero-order valence-electron chi connectivity index (χ0n) is 19.0. The summed E-state index contributed by atoms with van der Waals surface area (Å²) in [4.78, 5) is 7.76. The van der Waals surface area contributed by atoms with Gasteiger partial charge in [-0.1, -0.05) is 0 Å². The van der Waals surface area contributed by atoms with Crippen molar-refractivity contribution in [2.75, 3.05) is 65.5 Å². The smallest absolute Gasteiger partial charge is 0.122 e. The number of benzene rings is 2. The third kappa shape index (κ3) is 5.43. The second-order valence-electron chi connectivity index (χ2n) is 8.47. The normalized spacial score (nSPS) is 20.5. The summed E-state index contributed by atoms with van der Waals surface area (Å²) in [5.41, 5.74) is 2.54. The van der Waals surface area contributed by atoms with Gasteiger partial charge in [-0.05, 0) is 61.3 Å². The molecule has 0 spiro atoms. The summed E-state index contributed by atoms with van der Waals surface area (Å²) >= 11 is 0. The lowest BCUT2D eigenvalue weighted by Gasteiger charge is -2.44. The fraction of sp³-hybridized carbons (Fsp3) is 0.520. The standard InChI is InChI=1S/C25H35N3O3/c1-29-23-8-6-21(7-9-23)27-11-13-28(14-12-27)22-5-4-10-26(19-22)18-20-15-24(30-2)17-25(16-20)31-3/h6-9,15-17,22H,4-5,10-14,18-19H2,1-3H3. The Morgan fingerprint density at radius 1 is 0.774 bits per heavy atom. The van der Waals surface area contributed by atoms with Crippen molar-refractivity contribution in [1.82, 2.24) is 9.80 Å². The van der Waals surface area contributed by atoms with Crippen LogP contribution in [0.3, 0.4) is 0 Å². The fourth-order valence-corrected chi connectivity index (χ4v) is 4.83. The molecule has 0 saturated carbocycles. The van der Waals surface area contributed by atoms with Crippen LogP contribution >= 0.6 is 0 Å². The summed E-state index contributed by atoms with van der Waals surface area (Å²) in [7, 11) is 5.13. The highest BCUT2D eigenvalue weighted by Gasteiger charge is 2.28. The van der Waals surface area contributed by atoms with Crippen molar-refractivity contribution in [2.24, 2.45) is 0 Å². The molecule has 0 N–H and O–H groups in total. The molecule has 2 aliphatic rings. The van der Waals surface area contributed by atoms with Gasteiger partial charge >= 0.3 is 0 Å². The van der Waals surface area contributed by atoms with Gasteiger partial charge in [0, 0.05) is 57.1 Å². The fourth-order valence-electron chi connectivity index (χ4n) is 4.83. The number of hydrogen-bond donors (Lipinski definition) is 0. The first kappa shape index (κ1) is 21.8. The van der Waals surface area contributed by atoms with Gasteiger partial charge in [0.2, 0.25) is 0 Å². The highest BCUT2D eigenvalue weighted by atomic mass is 16.5. The summed E-state index contributed by atoms with van der Waals surface area (Å²) in [6.07, 6.45) is 2.55. The first-order valence-corrected chi connectivity index (χ1v) is 11.3. The second kappa shape index (κ2) is 10.2. The molecule has 0 radical (unpaired) electrons. The molecule has 2 aliphatic heterocycles. The van der Waals surface area contributed by atoms with Crippen LogP contribution in [0.5, 0.6) is 17.2 Å². The van der Waals surface area contributed by atoms with Gasteiger partial charge in [-0.25, -0.2) is 0 Å². The summed E-state index contributed by atoms with van der Waals surface area (Å²) in [5.74, 6) is 2.63. The molecular formula is C25H35N3O3. The lowest BCUT2D eigenvalue weighted by molar-refractivity contribution is 0.0887.